The smallest absolute Gasteiger partial charge is 0.242 e. The molecule has 0 bridgehead atoms. The number of rotatable bonds is 4. The van der Waals surface area contributed by atoms with Crippen LogP contribution in [0.3, 0.4) is 0 Å². The number of hydrogen-bond acceptors (Lipinski definition) is 5. The van der Waals surface area contributed by atoms with Gasteiger partial charge in [-0.1, -0.05) is 28.4 Å². The third-order valence-corrected chi connectivity index (χ3v) is 4.60. The Kier molecular flexibility index (Phi) is 4.00. The van der Waals surface area contributed by atoms with E-state index in [0.29, 0.717) is 5.76 Å². The molecule has 0 radical (unpaired) electrons. The van der Waals surface area contributed by atoms with Crippen molar-refractivity contribution in [1.29, 1.82) is 0 Å². The van der Waals surface area contributed by atoms with Crippen LogP contribution in [0, 0.1) is 0 Å². The fourth-order valence-corrected chi connectivity index (χ4v) is 3.09. The van der Waals surface area contributed by atoms with E-state index in [1.54, 1.807) is 6.07 Å². The Hall–Kier alpha value is -1.28. The Morgan fingerprint density at radius 2 is 2.05 bits per heavy atom. The number of anilines is 1. The molecule has 2 rings (SSSR count). The van der Waals surface area contributed by atoms with Gasteiger partial charge in [-0.05, 0) is 12.1 Å². The number of nitrogens with zero attached hydrogens (tertiary/aromatic N) is 1. The molecule has 2 aromatic rings. The maximum absolute atomic E-state index is 12.1. The lowest BCUT2D eigenvalue weighted by atomic mass is 10.3. The Morgan fingerprint density at radius 1 is 1.32 bits per heavy atom. The highest BCUT2D eigenvalue weighted by molar-refractivity contribution is 7.89. The van der Waals surface area contributed by atoms with Gasteiger partial charge in [0.1, 0.15) is 4.90 Å². The molecule has 0 saturated heterocycles. The summed E-state index contributed by atoms with van der Waals surface area (Å²) in [5, 5.41) is 3.55. The van der Waals surface area contributed by atoms with Crippen LogP contribution < -0.4 is 10.5 Å². The summed E-state index contributed by atoms with van der Waals surface area (Å²) in [5.41, 5.74) is 5.60. The molecule has 19 heavy (non-hydrogen) atoms. The summed E-state index contributed by atoms with van der Waals surface area (Å²) in [6.45, 7) is -0.0405. The molecule has 0 saturated carbocycles. The fraction of sp³-hybridized carbons (Fsp3) is 0.100. The first kappa shape index (κ1) is 14.1. The molecular weight excluding hydrogens is 313 g/mol. The molecule has 3 N–H and O–H groups in total. The van der Waals surface area contributed by atoms with Gasteiger partial charge in [0, 0.05) is 6.07 Å². The lowest BCUT2D eigenvalue weighted by molar-refractivity contribution is 0.380. The topological polar surface area (TPSA) is 98.2 Å². The molecule has 6 nitrogen and oxygen atoms in total. The number of nitrogens with one attached hydrogen (secondary N) is 1. The van der Waals surface area contributed by atoms with E-state index < -0.39 is 10.0 Å². The van der Waals surface area contributed by atoms with Gasteiger partial charge in [-0.15, -0.1) is 0 Å². The second-order valence-corrected chi connectivity index (χ2v) is 6.10. The number of hydrogen-bond donors (Lipinski definition) is 2. The van der Waals surface area contributed by atoms with E-state index in [2.05, 4.69) is 9.88 Å². The van der Waals surface area contributed by atoms with Crippen LogP contribution in [-0.2, 0) is 16.6 Å². The molecule has 9 heteroatoms. The second-order valence-electron chi connectivity index (χ2n) is 3.58. The summed E-state index contributed by atoms with van der Waals surface area (Å²) >= 11 is 11.6. The van der Waals surface area contributed by atoms with Gasteiger partial charge >= 0.3 is 0 Å². The van der Waals surface area contributed by atoms with Crippen LogP contribution in [-0.4, -0.2) is 13.6 Å². The molecule has 102 valence electrons. The van der Waals surface area contributed by atoms with Crippen molar-refractivity contribution in [3.63, 3.8) is 0 Å². The molecule has 1 heterocycles. The van der Waals surface area contributed by atoms with E-state index in [4.69, 9.17) is 33.5 Å². The van der Waals surface area contributed by atoms with Crippen LogP contribution in [0.25, 0.3) is 0 Å². The van der Waals surface area contributed by atoms with Crippen molar-refractivity contribution in [2.24, 2.45) is 0 Å². The minimum absolute atomic E-state index is 0.0193. The Morgan fingerprint density at radius 3 is 2.68 bits per heavy atom. The van der Waals surface area contributed by atoms with E-state index in [-0.39, 0.29) is 27.2 Å². The van der Waals surface area contributed by atoms with Crippen LogP contribution in [0.2, 0.25) is 10.0 Å². The van der Waals surface area contributed by atoms with E-state index in [9.17, 15) is 8.42 Å². The van der Waals surface area contributed by atoms with Gasteiger partial charge in [-0.3, -0.25) is 0 Å². The largest absolute Gasteiger partial charge is 0.396 e. The first-order chi connectivity index (χ1) is 8.92. The lowest BCUT2D eigenvalue weighted by Crippen LogP contribution is -2.23. The van der Waals surface area contributed by atoms with Gasteiger partial charge in [0.05, 0.1) is 28.5 Å². The number of aromatic nitrogens is 1. The van der Waals surface area contributed by atoms with Crippen molar-refractivity contribution in [1.82, 2.24) is 9.88 Å². The number of benzene rings is 1. The standard InChI is InChI=1S/C10H9Cl2N3O3S/c11-7-1-2-8(9(12)10(7)13)19(16,17)15-5-6-3-4-14-18-6/h1-4,15H,5,13H2. The van der Waals surface area contributed by atoms with Gasteiger partial charge in [-0.2, -0.15) is 0 Å². The first-order valence-corrected chi connectivity index (χ1v) is 7.28. The van der Waals surface area contributed by atoms with E-state index in [1.165, 1.54) is 18.3 Å². The number of halogens is 2. The number of nitrogens with two attached hydrogens (primary N) is 1. The first-order valence-electron chi connectivity index (χ1n) is 5.04. The van der Waals surface area contributed by atoms with Crippen LogP contribution >= 0.6 is 23.2 Å². The summed E-state index contributed by atoms with van der Waals surface area (Å²) in [6.07, 6.45) is 1.41. The molecule has 0 unspecified atom stereocenters. The van der Waals surface area contributed by atoms with E-state index in [1.807, 2.05) is 0 Å². The van der Waals surface area contributed by atoms with Crippen molar-refractivity contribution < 1.29 is 12.9 Å². The quantitative estimate of drug-likeness (QED) is 0.839. The molecule has 0 atom stereocenters. The zero-order valence-corrected chi connectivity index (χ0v) is 11.8. The molecule has 1 aromatic carbocycles. The lowest BCUT2D eigenvalue weighted by Gasteiger charge is -2.09. The Bertz CT molecular complexity index is 686. The molecule has 0 aliphatic heterocycles. The minimum atomic E-state index is -3.81. The third-order valence-electron chi connectivity index (χ3n) is 2.31. The van der Waals surface area contributed by atoms with Crippen molar-refractivity contribution in [2.75, 3.05) is 5.73 Å². The minimum Gasteiger partial charge on any atom is -0.396 e. The van der Waals surface area contributed by atoms with E-state index >= 15 is 0 Å². The van der Waals surface area contributed by atoms with Crippen LogP contribution in [0.15, 0.2) is 33.8 Å². The molecule has 0 amide bonds. The van der Waals surface area contributed by atoms with Crippen LogP contribution in [0.1, 0.15) is 5.76 Å². The zero-order valence-electron chi connectivity index (χ0n) is 9.43. The van der Waals surface area contributed by atoms with Gasteiger partial charge in [0.25, 0.3) is 0 Å². The predicted molar refractivity (Wildman–Crippen MR) is 71.4 cm³/mol. The van der Waals surface area contributed by atoms with Gasteiger partial charge < -0.3 is 10.3 Å². The predicted octanol–water partition coefficient (Wildman–Crippen LogP) is 2.04. The molecular formula is C10H9Cl2N3O3S. The fourth-order valence-electron chi connectivity index (χ4n) is 1.33. The maximum Gasteiger partial charge on any atom is 0.242 e. The SMILES string of the molecule is Nc1c(Cl)ccc(S(=O)(=O)NCc2ccno2)c1Cl. The maximum atomic E-state index is 12.1. The van der Waals surface area contributed by atoms with Gasteiger partial charge in [0.2, 0.25) is 10.0 Å². The third kappa shape index (κ3) is 3.01. The average Bonchev–Trinajstić information content (AvgIpc) is 2.86. The highest BCUT2D eigenvalue weighted by Gasteiger charge is 2.20. The zero-order chi connectivity index (χ0) is 14.0. The van der Waals surface area contributed by atoms with Crippen molar-refractivity contribution >= 4 is 38.9 Å². The highest BCUT2D eigenvalue weighted by Crippen LogP contribution is 2.32. The monoisotopic (exact) mass is 321 g/mol. The summed E-state index contributed by atoms with van der Waals surface area (Å²) in [5.74, 6) is 0.377. The molecule has 0 aliphatic carbocycles. The van der Waals surface area contributed by atoms with E-state index in [0.717, 1.165) is 0 Å². The second kappa shape index (κ2) is 5.38. The molecule has 1 aromatic heterocycles. The molecule has 0 spiro atoms. The Balaban J connectivity index is 2.27. The molecule has 0 fully saturated rings. The highest BCUT2D eigenvalue weighted by atomic mass is 35.5. The summed E-state index contributed by atoms with van der Waals surface area (Å²) in [4.78, 5) is -0.143. The van der Waals surface area contributed by atoms with Crippen molar-refractivity contribution in [3.05, 3.63) is 40.2 Å². The van der Waals surface area contributed by atoms with Gasteiger partial charge in [-0.25, -0.2) is 13.1 Å². The van der Waals surface area contributed by atoms with Crippen molar-refractivity contribution in [3.8, 4) is 0 Å². The van der Waals surface area contributed by atoms with Crippen LogP contribution in [0.5, 0.6) is 0 Å². The Labute approximate surface area is 119 Å². The molecule has 0 aliphatic rings. The summed E-state index contributed by atoms with van der Waals surface area (Å²) in [6, 6.07) is 4.19. The van der Waals surface area contributed by atoms with Gasteiger partial charge in [0.15, 0.2) is 5.76 Å². The number of nitrogen functional groups attached to an aromatic ring is 1. The van der Waals surface area contributed by atoms with Crippen LogP contribution in [0.4, 0.5) is 5.69 Å². The van der Waals surface area contributed by atoms with Crippen molar-refractivity contribution in [2.45, 2.75) is 11.4 Å². The summed E-state index contributed by atoms with van der Waals surface area (Å²) < 4.78 is 31.2. The summed E-state index contributed by atoms with van der Waals surface area (Å²) in [7, 11) is -3.81. The normalized spacial score (nSPS) is 11.7. The average molecular weight is 322 g/mol. The number of sulfonamides is 1.